The highest BCUT2D eigenvalue weighted by Gasteiger charge is 2.18. The highest BCUT2D eigenvalue weighted by molar-refractivity contribution is 5.99. The minimum absolute atomic E-state index is 0.0368. The molecule has 108 valence electrons. The number of nitrogens with one attached hydrogen (secondary N) is 2. The minimum atomic E-state index is -0.0368. The van der Waals surface area contributed by atoms with Gasteiger partial charge in [0.15, 0.2) is 0 Å². The van der Waals surface area contributed by atoms with Gasteiger partial charge in [-0.15, -0.1) is 0 Å². The largest absolute Gasteiger partial charge is 0.359 e. The molecule has 0 aliphatic carbocycles. The first kappa shape index (κ1) is 14.4. The Hall–Kier alpha value is -2.04. The van der Waals surface area contributed by atoms with Gasteiger partial charge in [0.05, 0.1) is 0 Å². The Morgan fingerprint density at radius 2 is 1.85 bits per heavy atom. The van der Waals surface area contributed by atoms with Gasteiger partial charge in [-0.3, -0.25) is 4.90 Å². The Morgan fingerprint density at radius 1 is 1.15 bits per heavy atom. The number of aliphatic imine (C=N–C) groups is 2. The van der Waals surface area contributed by atoms with Crippen LogP contribution in [0.5, 0.6) is 0 Å². The van der Waals surface area contributed by atoms with Crippen molar-refractivity contribution in [3.63, 3.8) is 0 Å². The summed E-state index contributed by atoms with van der Waals surface area (Å²) in [4.78, 5) is 10.9. The molecule has 0 spiro atoms. The molecule has 0 bridgehead atoms. The zero-order valence-corrected chi connectivity index (χ0v) is 12.4. The maximum Gasteiger partial charge on any atom is 0.202 e. The average Bonchev–Trinajstić information content (AvgIpc) is 2.47. The first-order valence-electron chi connectivity index (χ1n) is 7.05. The van der Waals surface area contributed by atoms with E-state index < -0.39 is 0 Å². The third-order valence-corrected chi connectivity index (χ3v) is 3.25. The maximum absolute atomic E-state index is 4.51. The van der Waals surface area contributed by atoms with Crippen molar-refractivity contribution in [2.75, 3.05) is 20.6 Å². The second-order valence-electron chi connectivity index (χ2n) is 4.86. The van der Waals surface area contributed by atoms with Gasteiger partial charge in [0.25, 0.3) is 0 Å². The summed E-state index contributed by atoms with van der Waals surface area (Å²) < 4.78 is 0. The second-order valence-corrected chi connectivity index (χ2v) is 4.86. The molecule has 2 rings (SSSR count). The standard InChI is InChI=1S/C15H23N5/c1-12-18-14(16-2)20(3)15(19-12)17-11-7-10-13-8-5-4-6-9-13/h4-6,8-9,12H,7,10-11H2,1-3H3,(H,16,18)(H,17,19). The van der Waals surface area contributed by atoms with E-state index in [2.05, 4.69) is 44.9 Å². The molecule has 1 aliphatic heterocycles. The van der Waals surface area contributed by atoms with E-state index in [0.717, 1.165) is 31.3 Å². The molecular formula is C15H23N5. The molecular weight excluding hydrogens is 250 g/mol. The number of nitrogens with zero attached hydrogens (tertiary/aromatic N) is 3. The topological polar surface area (TPSA) is 52.0 Å². The lowest BCUT2D eigenvalue weighted by atomic mass is 10.1. The smallest absolute Gasteiger partial charge is 0.202 e. The molecule has 0 saturated carbocycles. The summed E-state index contributed by atoms with van der Waals surface area (Å²) in [5, 5.41) is 6.48. The van der Waals surface area contributed by atoms with E-state index in [1.165, 1.54) is 5.56 Å². The van der Waals surface area contributed by atoms with Crippen LogP contribution in [-0.2, 0) is 6.42 Å². The van der Waals surface area contributed by atoms with Gasteiger partial charge in [0.1, 0.15) is 6.17 Å². The van der Waals surface area contributed by atoms with Gasteiger partial charge >= 0.3 is 0 Å². The molecule has 0 amide bonds. The first-order valence-corrected chi connectivity index (χ1v) is 7.05. The van der Waals surface area contributed by atoms with Crippen LogP contribution in [0.3, 0.4) is 0 Å². The van der Waals surface area contributed by atoms with Crippen molar-refractivity contribution in [1.82, 2.24) is 15.5 Å². The zero-order chi connectivity index (χ0) is 14.4. The Balaban J connectivity index is 1.79. The van der Waals surface area contributed by atoms with Crippen molar-refractivity contribution >= 4 is 11.9 Å². The van der Waals surface area contributed by atoms with Crippen LogP contribution >= 0.6 is 0 Å². The molecule has 1 aromatic carbocycles. The number of guanidine groups is 2. The SMILES string of the molecule is CNC1=NC(C)N=C(NCCCc2ccccc2)N1C. The summed E-state index contributed by atoms with van der Waals surface area (Å²) >= 11 is 0. The van der Waals surface area contributed by atoms with E-state index >= 15 is 0 Å². The maximum atomic E-state index is 4.51. The third-order valence-electron chi connectivity index (χ3n) is 3.25. The van der Waals surface area contributed by atoms with Gasteiger partial charge in [-0.1, -0.05) is 30.3 Å². The summed E-state index contributed by atoms with van der Waals surface area (Å²) in [5.74, 6) is 1.72. The quantitative estimate of drug-likeness (QED) is 0.816. The van der Waals surface area contributed by atoms with Crippen molar-refractivity contribution in [3.05, 3.63) is 35.9 Å². The number of hydrogen-bond acceptors (Lipinski definition) is 5. The molecule has 1 atom stereocenters. The lowest BCUT2D eigenvalue weighted by Crippen LogP contribution is -2.50. The monoisotopic (exact) mass is 273 g/mol. The number of benzene rings is 1. The van der Waals surface area contributed by atoms with Gasteiger partial charge in [0, 0.05) is 20.6 Å². The van der Waals surface area contributed by atoms with E-state index in [9.17, 15) is 0 Å². The molecule has 1 aromatic rings. The van der Waals surface area contributed by atoms with Crippen LogP contribution in [0.15, 0.2) is 40.3 Å². The fourth-order valence-electron chi connectivity index (χ4n) is 2.19. The van der Waals surface area contributed by atoms with E-state index in [1.54, 1.807) is 0 Å². The van der Waals surface area contributed by atoms with Crippen LogP contribution in [-0.4, -0.2) is 43.6 Å². The summed E-state index contributed by atoms with van der Waals surface area (Å²) in [6, 6.07) is 10.5. The van der Waals surface area contributed by atoms with Crippen LogP contribution in [0.1, 0.15) is 18.9 Å². The summed E-state index contributed by atoms with van der Waals surface area (Å²) in [7, 11) is 3.84. The summed E-state index contributed by atoms with van der Waals surface area (Å²) in [6.07, 6.45) is 2.12. The summed E-state index contributed by atoms with van der Waals surface area (Å²) in [6.45, 7) is 2.89. The molecule has 5 nitrogen and oxygen atoms in total. The number of hydrogen-bond donors (Lipinski definition) is 2. The predicted molar refractivity (Wildman–Crippen MR) is 83.9 cm³/mol. The third kappa shape index (κ3) is 3.73. The van der Waals surface area contributed by atoms with Gasteiger partial charge in [-0.2, -0.15) is 0 Å². The van der Waals surface area contributed by atoms with Crippen LogP contribution < -0.4 is 10.6 Å². The van der Waals surface area contributed by atoms with E-state index in [4.69, 9.17) is 0 Å². The molecule has 0 saturated heterocycles. The Labute approximate surface area is 120 Å². The number of rotatable bonds is 4. The molecule has 0 fully saturated rings. The van der Waals surface area contributed by atoms with E-state index in [1.807, 2.05) is 32.0 Å². The fraction of sp³-hybridized carbons (Fsp3) is 0.467. The normalized spacial score (nSPS) is 18.4. The Bertz CT molecular complexity index is 480. The van der Waals surface area contributed by atoms with E-state index in [-0.39, 0.29) is 6.17 Å². The lowest BCUT2D eigenvalue weighted by molar-refractivity contribution is 0.591. The van der Waals surface area contributed by atoms with Crippen molar-refractivity contribution in [2.45, 2.75) is 25.9 Å². The predicted octanol–water partition coefficient (Wildman–Crippen LogP) is 1.43. The summed E-state index contributed by atoms with van der Waals surface area (Å²) in [5.41, 5.74) is 1.37. The molecule has 1 aliphatic rings. The highest BCUT2D eigenvalue weighted by atomic mass is 15.4. The number of aryl methyl sites for hydroxylation is 1. The first-order chi connectivity index (χ1) is 9.70. The van der Waals surface area contributed by atoms with Crippen molar-refractivity contribution in [3.8, 4) is 0 Å². The molecule has 0 radical (unpaired) electrons. The van der Waals surface area contributed by atoms with Gasteiger partial charge in [-0.05, 0) is 25.3 Å². The van der Waals surface area contributed by atoms with E-state index in [0.29, 0.717) is 0 Å². The Kier molecular flexibility index (Phi) is 4.98. The molecule has 1 heterocycles. The molecule has 20 heavy (non-hydrogen) atoms. The average molecular weight is 273 g/mol. The van der Waals surface area contributed by atoms with Gasteiger partial charge in [-0.25, -0.2) is 9.98 Å². The van der Waals surface area contributed by atoms with Crippen LogP contribution in [0, 0.1) is 0 Å². The van der Waals surface area contributed by atoms with Gasteiger partial charge in [0.2, 0.25) is 11.9 Å². The fourth-order valence-corrected chi connectivity index (χ4v) is 2.19. The van der Waals surface area contributed by atoms with Crippen molar-refractivity contribution < 1.29 is 0 Å². The molecule has 1 unspecified atom stereocenters. The minimum Gasteiger partial charge on any atom is -0.359 e. The molecule has 2 N–H and O–H groups in total. The zero-order valence-electron chi connectivity index (χ0n) is 12.4. The lowest BCUT2D eigenvalue weighted by Gasteiger charge is -2.28. The van der Waals surface area contributed by atoms with Crippen LogP contribution in [0.4, 0.5) is 0 Å². The highest BCUT2D eigenvalue weighted by Crippen LogP contribution is 2.04. The van der Waals surface area contributed by atoms with Gasteiger partial charge < -0.3 is 10.6 Å². The van der Waals surface area contributed by atoms with Crippen molar-refractivity contribution in [2.24, 2.45) is 9.98 Å². The molecule has 0 aromatic heterocycles. The van der Waals surface area contributed by atoms with Crippen molar-refractivity contribution in [1.29, 1.82) is 0 Å². The van der Waals surface area contributed by atoms with Crippen LogP contribution in [0.2, 0.25) is 0 Å². The van der Waals surface area contributed by atoms with Crippen LogP contribution in [0.25, 0.3) is 0 Å². The Morgan fingerprint density at radius 3 is 2.55 bits per heavy atom. The molecule has 5 heteroatoms. The second kappa shape index (κ2) is 6.93.